The first kappa shape index (κ1) is 36.3. The summed E-state index contributed by atoms with van der Waals surface area (Å²) < 4.78 is 54.1. The smallest absolute Gasteiger partial charge is 0.303 e. The Balaban J connectivity index is 2.66. The van der Waals surface area contributed by atoms with Crippen LogP contribution in [0.3, 0.4) is 0 Å². The van der Waals surface area contributed by atoms with E-state index in [1.165, 1.54) is 0 Å². The van der Waals surface area contributed by atoms with Gasteiger partial charge in [-0.2, -0.15) is 0 Å². The molecule has 2 rings (SSSR count). The van der Waals surface area contributed by atoms with Crippen molar-refractivity contribution in [3.05, 3.63) is 0 Å². The molecule has 2 heterocycles. The quantitative estimate of drug-likeness (QED) is 0.203. The van der Waals surface area contributed by atoms with Gasteiger partial charge in [-0.15, -0.1) is 0 Å². The molecule has 1 N–H and O–H groups in total. The summed E-state index contributed by atoms with van der Waals surface area (Å²) in [6.07, 6.45) is -16.3. The lowest BCUT2D eigenvalue weighted by Crippen LogP contribution is -2.67. The average Bonchev–Trinajstić information content (AvgIpc) is 2.87. The van der Waals surface area contributed by atoms with Crippen LogP contribution in [0.1, 0.15) is 48.5 Å². The fourth-order valence-corrected chi connectivity index (χ4v) is 4.49. The molecule has 4 unspecified atom stereocenters. The lowest BCUT2D eigenvalue weighted by molar-refractivity contribution is -0.357. The Morgan fingerprint density at radius 1 is 0.477 bits per heavy atom. The highest BCUT2D eigenvalue weighted by molar-refractivity contribution is 5.69. The van der Waals surface area contributed by atoms with Gasteiger partial charge in [0.1, 0.15) is 31.5 Å². The van der Waals surface area contributed by atoms with E-state index in [1.54, 1.807) is 0 Å². The molecule has 2 aliphatic heterocycles. The highest BCUT2D eigenvalue weighted by Gasteiger charge is 2.57. The maximum absolute atomic E-state index is 12.2. The average molecular weight is 637 g/mol. The van der Waals surface area contributed by atoms with Gasteiger partial charge in [0.2, 0.25) is 0 Å². The summed E-state index contributed by atoms with van der Waals surface area (Å²) in [4.78, 5) is 83.5. The monoisotopic (exact) mass is 636 g/mol. The third-order valence-electron chi connectivity index (χ3n) is 5.90. The second-order valence-corrected chi connectivity index (χ2v) is 9.68. The van der Waals surface area contributed by atoms with E-state index in [2.05, 4.69) is 0 Å². The number of esters is 7. The Hall–Kier alpha value is -3.87. The van der Waals surface area contributed by atoms with Crippen molar-refractivity contribution in [2.45, 2.75) is 110 Å². The third-order valence-corrected chi connectivity index (χ3v) is 5.90. The summed E-state index contributed by atoms with van der Waals surface area (Å²) in [5.41, 5.74) is 0. The molecular formula is C26H36O18. The van der Waals surface area contributed by atoms with Gasteiger partial charge >= 0.3 is 41.8 Å². The summed E-state index contributed by atoms with van der Waals surface area (Å²) in [6, 6.07) is 0. The van der Waals surface area contributed by atoms with Crippen LogP contribution in [-0.2, 0) is 80.9 Å². The van der Waals surface area contributed by atoms with Crippen LogP contribution in [0.2, 0.25) is 0 Å². The third kappa shape index (κ3) is 10.7. The number of hydrogen-bond donors (Lipinski definition) is 1. The zero-order chi connectivity index (χ0) is 33.3. The highest BCUT2D eigenvalue weighted by Crippen LogP contribution is 2.34. The van der Waals surface area contributed by atoms with E-state index in [9.17, 15) is 38.7 Å². The van der Waals surface area contributed by atoms with Crippen LogP contribution < -0.4 is 0 Å². The van der Waals surface area contributed by atoms with E-state index in [4.69, 9.17) is 47.4 Å². The first-order valence-electron chi connectivity index (χ1n) is 13.3. The molecule has 18 heteroatoms. The lowest BCUT2D eigenvalue weighted by Gasteiger charge is -2.48. The predicted molar refractivity (Wildman–Crippen MR) is 135 cm³/mol. The van der Waals surface area contributed by atoms with E-state index in [0.717, 1.165) is 48.5 Å². The van der Waals surface area contributed by atoms with Gasteiger partial charge in [-0.1, -0.05) is 0 Å². The summed E-state index contributed by atoms with van der Waals surface area (Å²) in [7, 11) is 0. The van der Waals surface area contributed by atoms with Crippen LogP contribution >= 0.6 is 0 Å². The molecule has 0 radical (unpaired) electrons. The molecule has 2 saturated heterocycles. The molecule has 248 valence electrons. The molecule has 0 aromatic rings. The molecule has 0 spiro atoms. The Bertz CT molecular complexity index is 1090. The molecule has 0 aromatic carbocycles. The second kappa shape index (κ2) is 16.3. The minimum Gasteiger partial charge on any atom is -0.463 e. The fourth-order valence-electron chi connectivity index (χ4n) is 4.49. The largest absolute Gasteiger partial charge is 0.463 e. The molecular weight excluding hydrogens is 600 g/mol. The molecule has 2 fully saturated rings. The van der Waals surface area contributed by atoms with Gasteiger partial charge in [0, 0.05) is 48.5 Å². The number of ether oxygens (including phenoxy) is 10. The van der Waals surface area contributed by atoms with Gasteiger partial charge in [0.15, 0.2) is 43.1 Å². The summed E-state index contributed by atoms with van der Waals surface area (Å²) in [6.45, 7) is 6.11. The first-order chi connectivity index (χ1) is 20.5. The summed E-state index contributed by atoms with van der Waals surface area (Å²) in [5.74, 6) is -6.03. The second-order valence-electron chi connectivity index (χ2n) is 9.68. The highest BCUT2D eigenvalue weighted by atomic mass is 16.8. The van der Waals surface area contributed by atoms with E-state index >= 15 is 0 Å². The number of rotatable bonds is 11. The predicted octanol–water partition coefficient (Wildman–Crippen LogP) is -1.40. The van der Waals surface area contributed by atoms with Gasteiger partial charge < -0.3 is 52.5 Å². The van der Waals surface area contributed by atoms with Crippen LogP contribution in [-0.4, -0.2) is 122 Å². The van der Waals surface area contributed by atoms with Crippen LogP contribution in [0.25, 0.3) is 0 Å². The topological polar surface area (TPSA) is 232 Å². The van der Waals surface area contributed by atoms with Crippen molar-refractivity contribution in [2.24, 2.45) is 0 Å². The normalized spacial score (nSPS) is 31.5. The number of carbonyl (C=O) groups excluding carboxylic acids is 7. The van der Waals surface area contributed by atoms with E-state index in [1.807, 2.05) is 0 Å². The molecule has 0 aliphatic carbocycles. The Morgan fingerprint density at radius 3 is 1.27 bits per heavy atom. The molecule has 0 saturated carbocycles. The Morgan fingerprint density at radius 2 is 0.841 bits per heavy atom. The van der Waals surface area contributed by atoms with Crippen molar-refractivity contribution in [3.63, 3.8) is 0 Å². The zero-order valence-electron chi connectivity index (χ0n) is 25.1. The van der Waals surface area contributed by atoms with Crippen LogP contribution in [0.4, 0.5) is 0 Å². The van der Waals surface area contributed by atoms with E-state index < -0.39 is 116 Å². The lowest BCUT2D eigenvalue weighted by atomic mass is 9.96. The minimum absolute atomic E-state index is 0.572. The number of hydrogen-bond acceptors (Lipinski definition) is 18. The first-order valence-corrected chi connectivity index (χ1v) is 13.3. The standard InChI is InChI=1S/C26H36O18/c1-10(27)35-8-17-20(21(38-13(4)30)23(25(34)42-17)40-15(6)32)44-26-24(41-16(7)33)22(39-14(5)31)19(37-12(3)29)18(43-26)9-36-11(2)28/h17-26,34H,8-9H2,1-7H3/t17?,18?,19-,20-,21?,22?,23+,24+,25+,26-/m0/s1. The van der Waals surface area contributed by atoms with Crippen molar-refractivity contribution in [1.29, 1.82) is 0 Å². The van der Waals surface area contributed by atoms with Gasteiger partial charge in [-0.3, -0.25) is 33.6 Å². The maximum Gasteiger partial charge on any atom is 0.303 e. The number of aliphatic hydroxyl groups is 1. The van der Waals surface area contributed by atoms with Crippen molar-refractivity contribution in [3.8, 4) is 0 Å². The van der Waals surface area contributed by atoms with Crippen LogP contribution in [0, 0.1) is 0 Å². The van der Waals surface area contributed by atoms with Gasteiger partial charge in [0.05, 0.1) is 0 Å². The minimum atomic E-state index is -1.90. The van der Waals surface area contributed by atoms with Gasteiger partial charge in [-0.05, 0) is 0 Å². The molecule has 10 atom stereocenters. The molecule has 0 bridgehead atoms. The SMILES string of the molecule is CC(=O)OCC1O[C@@H](O[C@H]2C(COC(C)=O)O[C@@H](O)[C@H](OC(C)=O)C2OC(C)=O)[C@H](OC(C)=O)C(OC(C)=O)[C@H]1OC(C)=O. The van der Waals surface area contributed by atoms with Gasteiger partial charge in [-0.25, -0.2) is 0 Å². The van der Waals surface area contributed by atoms with Crippen molar-refractivity contribution in [1.82, 2.24) is 0 Å². The zero-order valence-corrected chi connectivity index (χ0v) is 25.1. The van der Waals surface area contributed by atoms with Crippen molar-refractivity contribution < 1.29 is 86.0 Å². The summed E-state index contributed by atoms with van der Waals surface area (Å²) in [5, 5.41) is 10.6. The Kier molecular flexibility index (Phi) is 13.4. The molecule has 18 nitrogen and oxygen atoms in total. The van der Waals surface area contributed by atoms with Crippen molar-refractivity contribution >= 4 is 41.8 Å². The van der Waals surface area contributed by atoms with Crippen LogP contribution in [0.15, 0.2) is 0 Å². The number of aliphatic hydroxyl groups excluding tert-OH is 1. The molecule has 44 heavy (non-hydrogen) atoms. The Labute approximate surface area is 251 Å². The maximum atomic E-state index is 12.2. The van der Waals surface area contributed by atoms with E-state index in [-0.39, 0.29) is 0 Å². The number of carbonyl (C=O) groups is 7. The molecule has 0 aromatic heterocycles. The molecule has 2 aliphatic rings. The van der Waals surface area contributed by atoms with Crippen molar-refractivity contribution in [2.75, 3.05) is 13.2 Å². The van der Waals surface area contributed by atoms with Gasteiger partial charge in [0.25, 0.3) is 0 Å². The van der Waals surface area contributed by atoms with E-state index in [0.29, 0.717) is 0 Å². The summed E-state index contributed by atoms with van der Waals surface area (Å²) >= 11 is 0. The van der Waals surface area contributed by atoms with Crippen LogP contribution in [0.5, 0.6) is 0 Å². The molecule has 0 amide bonds. The fraction of sp³-hybridized carbons (Fsp3) is 0.731.